The highest BCUT2D eigenvalue weighted by Gasteiger charge is 2.20. The van der Waals surface area contributed by atoms with Gasteiger partial charge in [-0.05, 0) is 31.0 Å². The second-order valence-corrected chi connectivity index (χ2v) is 5.96. The van der Waals surface area contributed by atoms with Gasteiger partial charge < -0.3 is 5.32 Å². The van der Waals surface area contributed by atoms with Crippen molar-refractivity contribution >= 4 is 5.91 Å². The van der Waals surface area contributed by atoms with Gasteiger partial charge in [0.2, 0.25) is 5.91 Å². The molecule has 4 heteroatoms. The third kappa shape index (κ3) is 3.75. The highest BCUT2D eigenvalue weighted by atomic mass is 16.1. The fourth-order valence-corrected chi connectivity index (χ4v) is 3.04. The monoisotopic (exact) mass is 297 g/mol. The number of benzene rings is 1. The fraction of sp³-hybridized carbons (Fsp3) is 0.444. The lowest BCUT2D eigenvalue weighted by Gasteiger charge is -2.20. The van der Waals surface area contributed by atoms with E-state index in [1.165, 1.54) is 19.3 Å². The summed E-state index contributed by atoms with van der Waals surface area (Å²) in [6.45, 7) is 0.668. The SMILES string of the molecule is O=C(NCCc1ccn(-c2ccccc2)n1)C1CCCCC1. The first-order valence-electron chi connectivity index (χ1n) is 8.20. The van der Waals surface area contributed by atoms with E-state index in [-0.39, 0.29) is 11.8 Å². The smallest absolute Gasteiger partial charge is 0.223 e. The zero-order chi connectivity index (χ0) is 15.2. The number of nitrogens with zero attached hydrogens (tertiary/aromatic N) is 2. The molecule has 2 aromatic rings. The van der Waals surface area contributed by atoms with Crippen molar-refractivity contribution in [2.75, 3.05) is 6.54 Å². The van der Waals surface area contributed by atoms with E-state index < -0.39 is 0 Å². The Bertz CT molecular complexity index is 600. The number of aromatic nitrogens is 2. The van der Waals surface area contributed by atoms with Crippen LogP contribution in [0.2, 0.25) is 0 Å². The summed E-state index contributed by atoms with van der Waals surface area (Å²) in [6.07, 6.45) is 8.51. The summed E-state index contributed by atoms with van der Waals surface area (Å²) in [4.78, 5) is 12.1. The molecule has 0 radical (unpaired) electrons. The number of para-hydroxylation sites is 1. The lowest BCUT2D eigenvalue weighted by Crippen LogP contribution is -2.33. The molecule has 3 rings (SSSR count). The third-order valence-electron chi connectivity index (χ3n) is 4.32. The van der Waals surface area contributed by atoms with Gasteiger partial charge in [0.1, 0.15) is 0 Å². The van der Waals surface area contributed by atoms with Crippen LogP contribution in [0.4, 0.5) is 0 Å². The van der Waals surface area contributed by atoms with Crippen LogP contribution in [0.15, 0.2) is 42.6 Å². The molecule has 0 aliphatic heterocycles. The molecule has 0 atom stereocenters. The van der Waals surface area contributed by atoms with Gasteiger partial charge in [-0.1, -0.05) is 37.5 Å². The second kappa shape index (κ2) is 7.25. The topological polar surface area (TPSA) is 46.9 Å². The van der Waals surface area contributed by atoms with Crippen molar-refractivity contribution in [2.24, 2.45) is 5.92 Å². The molecule has 0 spiro atoms. The first-order valence-corrected chi connectivity index (χ1v) is 8.20. The number of carbonyl (C=O) groups is 1. The van der Waals surface area contributed by atoms with Crippen molar-refractivity contribution in [3.05, 3.63) is 48.3 Å². The van der Waals surface area contributed by atoms with Gasteiger partial charge in [-0.25, -0.2) is 4.68 Å². The molecule has 1 fully saturated rings. The molecule has 1 aromatic carbocycles. The van der Waals surface area contributed by atoms with Crippen LogP contribution in [0.25, 0.3) is 5.69 Å². The normalized spacial score (nSPS) is 15.6. The number of hydrogen-bond acceptors (Lipinski definition) is 2. The van der Waals surface area contributed by atoms with Gasteiger partial charge in [0, 0.05) is 25.1 Å². The zero-order valence-corrected chi connectivity index (χ0v) is 12.9. The average Bonchev–Trinajstić information content (AvgIpc) is 3.05. The largest absolute Gasteiger partial charge is 0.355 e. The first-order chi connectivity index (χ1) is 10.8. The van der Waals surface area contributed by atoms with Gasteiger partial charge in [-0.2, -0.15) is 5.10 Å². The third-order valence-corrected chi connectivity index (χ3v) is 4.32. The standard InChI is InChI=1S/C18H23N3O/c22-18(15-7-3-1-4-8-15)19-13-11-16-12-14-21(20-16)17-9-5-2-6-10-17/h2,5-6,9-10,12,14-15H,1,3-4,7-8,11,13H2,(H,19,22). The van der Waals surface area contributed by atoms with Gasteiger partial charge in [-0.3, -0.25) is 4.79 Å². The molecule has 0 bridgehead atoms. The van der Waals surface area contributed by atoms with E-state index >= 15 is 0 Å². The van der Waals surface area contributed by atoms with E-state index in [9.17, 15) is 4.79 Å². The van der Waals surface area contributed by atoms with Crippen LogP contribution in [-0.4, -0.2) is 22.2 Å². The van der Waals surface area contributed by atoms with Crippen LogP contribution < -0.4 is 5.32 Å². The number of hydrogen-bond donors (Lipinski definition) is 1. The summed E-state index contributed by atoms with van der Waals surface area (Å²) in [7, 11) is 0. The molecule has 22 heavy (non-hydrogen) atoms. The summed E-state index contributed by atoms with van der Waals surface area (Å²) in [5.41, 5.74) is 2.06. The summed E-state index contributed by atoms with van der Waals surface area (Å²) < 4.78 is 1.87. The highest BCUT2D eigenvalue weighted by molar-refractivity contribution is 5.78. The average molecular weight is 297 g/mol. The quantitative estimate of drug-likeness (QED) is 0.921. The van der Waals surface area contributed by atoms with Gasteiger partial charge in [0.15, 0.2) is 0 Å². The molecule has 1 amide bonds. The van der Waals surface area contributed by atoms with Crippen LogP contribution >= 0.6 is 0 Å². The molecule has 116 valence electrons. The Labute approximate surface area is 131 Å². The van der Waals surface area contributed by atoms with Crippen LogP contribution in [0, 0.1) is 5.92 Å². The first kappa shape index (κ1) is 14.8. The molecule has 1 aliphatic carbocycles. The van der Waals surface area contributed by atoms with Crippen molar-refractivity contribution in [2.45, 2.75) is 38.5 Å². The minimum absolute atomic E-state index is 0.224. The summed E-state index contributed by atoms with van der Waals surface area (Å²) >= 11 is 0. The van der Waals surface area contributed by atoms with Gasteiger partial charge in [0.25, 0.3) is 0 Å². The molecule has 1 aromatic heterocycles. The van der Waals surface area contributed by atoms with E-state index in [1.54, 1.807) is 0 Å². The summed E-state index contributed by atoms with van der Waals surface area (Å²) in [6, 6.07) is 12.1. The summed E-state index contributed by atoms with van der Waals surface area (Å²) in [5, 5.41) is 7.62. The molecular formula is C18H23N3O. The Kier molecular flexibility index (Phi) is 4.88. The van der Waals surface area contributed by atoms with Crippen molar-refractivity contribution < 1.29 is 4.79 Å². The van der Waals surface area contributed by atoms with E-state index in [1.807, 2.05) is 47.3 Å². The molecule has 4 nitrogen and oxygen atoms in total. The molecule has 1 N–H and O–H groups in total. The zero-order valence-electron chi connectivity index (χ0n) is 12.9. The predicted molar refractivity (Wildman–Crippen MR) is 86.9 cm³/mol. The van der Waals surface area contributed by atoms with Gasteiger partial charge in [0.05, 0.1) is 11.4 Å². The number of rotatable bonds is 5. The Balaban J connectivity index is 1.48. The number of amides is 1. The number of carbonyl (C=O) groups excluding carboxylic acids is 1. The van der Waals surface area contributed by atoms with Gasteiger partial charge >= 0.3 is 0 Å². The Hall–Kier alpha value is -2.10. The molecule has 0 unspecified atom stereocenters. The van der Waals surface area contributed by atoms with E-state index in [2.05, 4.69) is 10.4 Å². The molecule has 1 heterocycles. The Morgan fingerprint density at radius 2 is 1.91 bits per heavy atom. The fourth-order valence-electron chi connectivity index (χ4n) is 3.04. The maximum atomic E-state index is 12.1. The van der Waals surface area contributed by atoms with Gasteiger partial charge in [-0.15, -0.1) is 0 Å². The summed E-state index contributed by atoms with van der Waals surface area (Å²) in [5.74, 6) is 0.456. The van der Waals surface area contributed by atoms with Crippen LogP contribution in [0.3, 0.4) is 0 Å². The van der Waals surface area contributed by atoms with Crippen LogP contribution in [-0.2, 0) is 11.2 Å². The van der Waals surface area contributed by atoms with Crippen molar-refractivity contribution in [1.29, 1.82) is 0 Å². The second-order valence-electron chi connectivity index (χ2n) is 5.96. The van der Waals surface area contributed by atoms with Crippen molar-refractivity contribution in [3.8, 4) is 5.69 Å². The van der Waals surface area contributed by atoms with E-state index in [0.29, 0.717) is 6.54 Å². The number of nitrogens with one attached hydrogen (secondary N) is 1. The Morgan fingerprint density at radius 1 is 1.14 bits per heavy atom. The van der Waals surface area contributed by atoms with Crippen LogP contribution in [0.5, 0.6) is 0 Å². The Morgan fingerprint density at radius 3 is 2.68 bits per heavy atom. The van der Waals surface area contributed by atoms with Crippen molar-refractivity contribution in [3.63, 3.8) is 0 Å². The van der Waals surface area contributed by atoms with Crippen LogP contribution in [0.1, 0.15) is 37.8 Å². The lowest BCUT2D eigenvalue weighted by atomic mass is 9.89. The molecule has 1 saturated carbocycles. The lowest BCUT2D eigenvalue weighted by molar-refractivity contribution is -0.125. The molecule has 0 saturated heterocycles. The van der Waals surface area contributed by atoms with E-state index in [0.717, 1.165) is 30.6 Å². The minimum atomic E-state index is 0.224. The minimum Gasteiger partial charge on any atom is -0.355 e. The van der Waals surface area contributed by atoms with E-state index in [4.69, 9.17) is 0 Å². The van der Waals surface area contributed by atoms with Crippen molar-refractivity contribution in [1.82, 2.24) is 15.1 Å². The molecular weight excluding hydrogens is 274 g/mol. The maximum absolute atomic E-state index is 12.1. The highest BCUT2D eigenvalue weighted by Crippen LogP contribution is 2.23. The maximum Gasteiger partial charge on any atom is 0.223 e. The predicted octanol–water partition coefficient (Wildman–Crippen LogP) is 3.11. The molecule has 1 aliphatic rings.